The van der Waals surface area contributed by atoms with Gasteiger partial charge in [-0.3, -0.25) is 10.1 Å². The van der Waals surface area contributed by atoms with E-state index in [0.29, 0.717) is 17.4 Å². The summed E-state index contributed by atoms with van der Waals surface area (Å²) in [4.78, 5) is 10.1. The summed E-state index contributed by atoms with van der Waals surface area (Å²) < 4.78 is 13.9. The van der Waals surface area contributed by atoms with Crippen LogP contribution in [0.5, 0.6) is 0 Å². The molecule has 2 rings (SSSR count). The van der Waals surface area contributed by atoms with Gasteiger partial charge >= 0.3 is 0 Å². The molecule has 0 saturated carbocycles. The van der Waals surface area contributed by atoms with E-state index in [1.165, 1.54) is 18.2 Å². The number of nitrogens with zero attached hydrogens (tertiary/aromatic N) is 1. The minimum Gasteiger partial charge on any atom is -0.384 e. The standard InChI is InChI=1S/C15H14BrFN2O2/c1-10-8-13(16)14(17)9-15(10)18-7-6-11-2-4-12(5-3-11)19(20)21/h2-5,8-9,18H,6-7H2,1H3. The van der Waals surface area contributed by atoms with Crippen LogP contribution in [0.2, 0.25) is 0 Å². The van der Waals surface area contributed by atoms with Crippen molar-refractivity contribution >= 4 is 27.3 Å². The molecule has 0 aliphatic rings. The van der Waals surface area contributed by atoms with Crippen LogP contribution in [0.1, 0.15) is 11.1 Å². The van der Waals surface area contributed by atoms with Crippen LogP contribution in [0.3, 0.4) is 0 Å². The van der Waals surface area contributed by atoms with Crippen molar-refractivity contribution < 1.29 is 9.31 Å². The molecule has 0 saturated heterocycles. The van der Waals surface area contributed by atoms with Gasteiger partial charge < -0.3 is 5.32 Å². The maximum atomic E-state index is 13.5. The fourth-order valence-corrected chi connectivity index (χ4v) is 2.42. The maximum absolute atomic E-state index is 13.5. The molecule has 110 valence electrons. The molecule has 0 spiro atoms. The van der Waals surface area contributed by atoms with Gasteiger partial charge in [-0.2, -0.15) is 0 Å². The first-order valence-electron chi connectivity index (χ1n) is 6.40. The van der Waals surface area contributed by atoms with Gasteiger partial charge in [0.15, 0.2) is 0 Å². The highest BCUT2D eigenvalue weighted by atomic mass is 79.9. The van der Waals surface area contributed by atoms with E-state index in [4.69, 9.17) is 0 Å². The van der Waals surface area contributed by atoms with Gasteiger partial charge in [-0.25, -0.2) is 4.39 Å². The second kappa shape index (κ2) is 6.67. The number of aryl methyl sites for hydroxylation is 1. The SMILES string of the molecule is Cc1cc(Br)c(F)cc1NCCc1ccc([N+](=O)[O-])cc1. The highest BCUT2D eigenvalue weighted by Gasteiger charge is 2.06. The summed E-state index contributed by atoms with van der Waals surface area (Å²) in [6.07, 6.45) is 0.703. The lowest BCUT2D eigenvalue weighted by Gasteiger charge is -2.10. The van der Waals surface area contributed by atoms with Gasteiger partial charge in [-0.1, -0.05) is 12.1 Å². The van der Waals surface area contributed by atoms with Crippen molar-refractivity contribution in [3.8, 4) is 0 Å². The first kappa shape index (κ1) is 15.4. The van der Waals surface area contributed by atoms with Crippen LogP contribution in [-0.4, -0.2) is 11.5 Å². The Kier molecular flexibility index (Phi) is 4.90. The summed E-state index contributed by atoms with van der Waals surface area (Å²) in [6.45, 7) is 2.53. The zero-order valence-corrected chi connectivity index (χ0v) is 13.0. The van der Waals surface area contributed by atoms with Crippen molar-refractivity contribution in [3.05, 3.63) is 67.9 Å². The van der Waals surface area contributed by atoms with Crippen molar-refractivity contribution in [2.75, 3.05) is 11.9 Å². The second-order valence-electron chi connectivity index (χ2n) is 4.68. The second-order valence-corrected chi connectivity index (χ2v) is 5.54. The van der Waals surface area contributed by atoms with Crippen LogP contribution in [-0.2, 0) is 6.42 Å². The highest BCUT2D eigenvalue weighted by molar-refractivity contribution is 9.10. The van der Waals surface area contributed by atoms with Gasteiger partial charge in [0.25, 0.3) is 5.69 Å². The lowest BCUT2D eigenvalue weighted by Crippen LogP contribution is -2.06. The van der Waals surface area contributed by atoms with Crippen LogP contribution in [0.15, 0.2) is 40.9 Å². The number of halogens is 2. The van der Waals surface area contributed by atoms with Crippen molar-refractivity contribution in [1.82, 2.24) is 0 Å². The third kappa shape index (κ3) is 4.01. The zero-order chi connectivity index (χ0) is 15.4. The van der Waals surface area contributed by atoms with Crippen molar-refractivity contribution in [2.45, 2.75) is 13.3 Å². The molecule has 2 aromatic carbocycles. The summed E-state index contributed by atoms with van der Waals surface area (Å²) in [6, 6.07) is 9.61. The Morgan fingerprint density at radius 2 is 1.95 bits per heavy atom. The van der Waals surface area contributed by atoms with Crippen LogP contribution in [0, 0.1) is 22.9 Å². The summed E-state index contributed by atoms with van der Waals surface area (Å²) in [5.74, 6) is -0.307. The first-order chi connectivity index (χ1) is 9.97. The lowest BCUT2D eigenvalue weighted by molar-refractivity contribution is -0.384. The van der Waals surface area contributed by atoms with Gasteiger partial charge in [0.2, 0.25) is 0 Å². The van der Waals surface area contributed by atoms with Crippen LogP contribution in [0.25, 0.3) is 0 Å². The fraction of sp³-hybridized carbons (Fsp3) is 0.200. The number of hydrogen-bond acceptors (Lipinski definition) is 3. The minimum atomic E-state index is -0.421. The Morgan fingerprint density at radius 1 is 1.29 bits per heavy atom. The predicted molar refractivity (Wildman–Crippen MR) is 84.1 cm³/mol. The Balaban J connectivity index is 1.95. The molecule has 2 aromatic rings. The summed E-state index contributed by atoms with van der Waals surface area (Å²) >= 11 is 3.15. The third-order valence-corrected chi connectivity index (χ3v) is 3.75. The number of anilines is 1. The fourth-order valence-electron chi connectivity index (χ4n) is 1.96. The van der Waals surface area contributed by atoms with E-state index < -0.39 is 4.92 Å². The van der Waals surface area contributed by atoms with Gasteiger partial charge in [0, 0.05) is 24.4 Å². The molecule has 0 aromatic heterocycles. The van der Waals surface area contributed by atoms with Crippen molar-refractivity contribution in [3.63, 3.8) is 0 Å². The topological polar surface area (TPSA) is 55.2 Å². The molecule has 1 N–H and O–H groups in total. The van der Waals surface area contributed by atoms with E-state index in [0.717, 1.165) is 16.8 Å². The molecule has 0 radical (unpaired) electrons. The van der Waals surface area contributed by atoms with Crippen molar-refractivity contribution in [1.29, 1.82) is 0 Å². The molecule has 0 atom stereocenters. The maximum Gasteiger partial charge on any atom is 0.269 e. The molecule has 0 heterocycles. The third-order valence-electron chi connectivity index (χ3n) is 3.14. The molecule has 6 heteroatoms. The Labute approximate surface area is 130 Å². The molecule has 0 aliphatic carbocycles. The Hall–Kier alpha value is -1.95. The summed E-state index contributed by atoms with van der Waals surface area (Å²) in [5.41, 5.74) is 2.77. The number of hydrogen-bond donors (Lipinski definition) is 1. The van der Waals surface area contributed by atoms with Gasteiger partial charge in [-0.05, 0) is 52.5 Å². The Morgan fingerprint density at radius 3 is 2.57 bits per heavy atom. The average molecular weight is 353 g/mol. The Bertz CT molecular complexity index is 659. The zero-order valence-electron chi connectivity index (χ0n) is 11.4. The monoisotopic (exact) mass is 352 g/mol. The minimum absolute atomic E-state index is 0.0811. The van der Waals surface area contributed by atoms with Gasteiger partial charge in [0.05, 0.1) is 9.40 Å². The quantitative estimate of drug-likeness (QED) is 0.638. The molecular formula is C15H14BrFN2O2. The average Bonchev–Trinajstić information content (AvgIpc) is 2.45. The molecule has 0 aliphatic heterocycles. The predicted octanol–water partition coefficient (Wildman–Crippen LogP) is 4.46. The number of nitro benzene ring substituents is 1. The van der Waals surface area contributed by atoms with E-state index in [2.05, 4.69) is 21.2 Å². The molecule has 0 fully saturated rings. The molecular weight excluding hydrogens is 339 g/mol. The van der Waals surface area contributed by atoms with Crippen molar-refractivity contribution in [2.24, 2.45) is 0 Å². The number of nitro groups is 1. The van der Waals surface area contributed by atoms with Gasteiger partial charge in [0.1, 0.15) is 5.82 Å². The lowest BCUT2D eigenvalue weighted by atomic mass is 10.1. The number of benzene rings is 2. The summed E-state index contributed by atoms with van der Waals surface area (Å²) in [5, 5.41) is 13.7. The number of non-ortho nitro benzene ring substituents is 1. The van der Waals surface area contributed by atoms with Crippen LogP contribution in [0.4, 0.5) is 15.8 Å². The molecule has 0 amide bonds. The molecule has 0 unspecified atom stereocenters. The van der Waals surface area contributed by atoms with Crippen LogP contribution < -0.4 is 5.32 Å². The molecule has 21 heavy (non-hydrogen) atoms. The van der Waals surface area contributed by atoms with E-state index in [1.54, 1.807) is 18.2 Å². The van der Waals surface area contributed by atoms with Gasteiger partial charge in [-0.15, -0.1) is 0 Å². The normalized spacial score (nSPS) is 10.4. The largest absolute Gasteiger partial charge is 0.384 e. The number of nitrogens with one attached hydrogen (secondary N) is 1. The summed E-state index contributed by atoms with van der Waals surface area (Å²) in [7, 11) is 0. The van der Waals surface area contributed by atoms with E-state index in [1.807, 2.05) is 6.92 Å². The first-order valence-corrected chi connectivity index (χ1v) is 7.19. The smallest absolute Gasteiger partial charge is 0.269 e. The van der Waals surface area contributed by atoms with E-state index >= 15 is 0 Å². The molecule has 4 nitrogen and oxygen atoms in total. The highest BCUT2D eigenvalue weighted by Crippen LogP contribution is 2.24. The van der Waals surface area contributed by atoms with E-state index in [-0.39, 0.29) is 11.5 Å². The number of rotatable bonds is 5. The molecule has 0 bridgehead atoms. The van der Waals surface area contributed by atoms with Crippen LogP contribution >= 0.6 is 15.9 Å². The van der Waals surface area contributed by atoms with E-state index in [9.17, 15) is 14.5 Å².